The summed E-state index contributed by atoms with van der Waals surface area (Å²) in [6, 6.07) is 13.3. The van der Waals surface area contributed by atoms with E-state index in [-0.39, 0.29) is 22.5 Å². The highest BCUT2D eigenvalue weighted by atomic mass is 16.5. The van der Waals surface area contributed by atoms with Crippen molar-refractivity contribution in [1.29, 1.82) is 0 Å². The van der Waals surface area contributed by atoms with Gasteiger partial charge in [0.1, 0.15) is 5.76 Å². The van der Waals surface area contributed by atoms with Gasteiger partial charge in [0.05, 0.1) is 12.7 Å². The fraction of sp³-hybridized carbons (Fsp3) is 0.400. The molecule has 1 aromatic heterocycles. The molecule has 0 saturated carbocycles. The van der Waals surface area contributed by atoms with Crippen molar-refractivity contribution in [2.24, 2.45) is 0 Å². The number of rotatable bonds is 5. The van der Waals surface area contributed by atoms with Crippen molar-refractivity contribution in [3.8, 4) is 0 Å². The second-order valence-electron chi connectivity index (χ2n) is 11.0. The summed E-state index contributed by atoms with van der Waals surface area (Å²) in [6.07, 6.45) is 2.99. The second-order valence-corrected chi connectivity index (χ2v) is 11.0. The number of amides is 1. The SMILES string of the molecule is COC(=O)c1ccc(NC(=O)c2ccc(Cc3cc4c(cc3C)C(C)(C)CCC4(C)C)o2)c(C)c1. The quantitative estimate of drug-likeness (QED) is 0.410. The van der Waals surface area contributed by atoms with Crippen molar-refractivity contribution >= 4 is 17.6 Å². The third-order valence-corrected chi connectivity index (χ3v) is 7.46. The van der Waals surface area contributed by atoms with E-state index in [2.05, 4.69) is 52.1 Å². The number of carbonyl (C=O) groups excluding carboxylic acids is 2. The standard InChI is InChI=1S/C30H35NO4/c1-18-15-23-24(30(5,6)13-12-29(23,3)4)17-21(18)16-22-9-11-26(35-22)27(32)31-25-10-8-20(14-19(25)2)28(33)34-7/h8-11,14-15,17H,12-13,16H2,1-7H3,(H,31,32). The predicted molar refractivity (Wildman–Crippen MR) is 138 cm³/mol. The van der Waals surface area contributed by atoms with Crippen molar-refractivity contribution < 1.29 is 18.7 Å². The number of benzene rings is 2. The normalized spacial score (nSPS) is 15.9. The molecule has 0 bridgehead atoms. The van der Waals surface area contributed by atoms with Crippen LogP contribution < -0.4 is 5.32 Å². The molecule has 5 heteroatoms. The van der Waals surface area contributed by atoms with Gasteiger partial charge in [-0.3, -0.25) is 4.79 Å². The number of aryl methyl sites for hydroxylation is 2. The first kappa shape index (κ1) is 24.8. The number of ether oxygens (including phenoxy) is 1. The van der Waals surface area contributed by atoms with E-state index in [0.29, 0.717) is 17.7 Å². The lowest BCUT2D eigenvalue weighted by Gasteiger charge is -2.42. The van der Waals surface area contributed by atoms with E-state index in [1.54, 1.807) is 24.3 Å². The number of fused-ring (bicyclic) bond motifs is 1. The number of furan rings is 1. The van der Waals surface area contributed by atoms with Crippen LogP contribution in [0.3, 0.4) is 0 Å². The van der Waals surface area contributed by atoms with Gasteiger partial charge in [0.2, 0.25) is 0 Å². The summed E-state index contributed by atoms with van der Waals surface area (Å²) in [6.45, 7) is 13.3. The molecular weight excluding hydrogens is 438 g/mol. The van der Waals surface area contributed by atoms with Gasteiger partial charge in [-0.15, -0.1) is 0 Å². The fourth-order valence-corrected chi connectivity index (χ4v) is 4.97. The summed E-state index contributed by atoms with van der Waals surface area (Å²) in [4.78, 5) is 24.5. The Morgan fingerprint density at radius 3 is 2.20 bits per heavy atom. The van der Waals surface area contributed by atoms with Crippen LogP contribution in [0.4, 0.5) is 5.69 Å². The Balaban J connectivity index is 1.53. The molecule has 0 atom stereocenters. The molecule has 35 heavy (non-hydrogen) atoms. The van der Waals surface area contributed by atoms with E-state index in [0.717, 1.165) is 11.3 Å². The maximum absolute atomic E-state index is 12.8. The maximum Gasteiger partial charge on any atom is 0.337 e. The van der Waals surface area contributed by atoms with Gasteiger partial charge >= 0.3 is 5.97 Å². The van der Waals surface area contributed by atoms with Gasteiger partial charge in [-0.2, -0.15) is 0 Å². The molecule has 0 aliphatic heterocycles. The van der Waals surface area contributed by atoms with Crippen LogP contribution in [0.2, 0.25) is 0 Å². The van der Waals surface area contributed by atoms with Crippen molar-refractivity contribution in [3.63, 3.8) is 0 Å². The lowest BCUT2D eigenvalue weighted by atomic mass is 9.62. The largest absolute Gasteiger partial charge is 0.465 e. The zero-order valence-corrected chi connectivity index (χ0v) is 21.8. The van der Waals surface area contributed by atoms with Gasteiger partial charge in [-0.25, -0.2) is 4.79 Å². The Bertz CT molecular complexity index is 1300. The Morgan fingerprint density at radius 1 is 0.914 bits per heavy atom. The van der Waals surface area contributed by atoms with Gasteiger partial charge in [0.15, 0.2) is 5.76 Å². The third-order valence-electron chi connectivity index (χ3n) is 7.46. The van der Waals surface area contributed by atoms with Crippen molar-refractivity contribution in [2.75, 3.05) is 12.4 Å². The number of carbonyl (C=O) groups is 2. The Kier molecular flexibility index (Phi) is 6.39. The Hall–Kier alpha value is -3.34. The molecule has 0 radical (unpaired) electrons. The minimum Gasteiger partial charge on any atom is -0.465 e. The van der Waals surface area contributed by atoms with Gasteiger partial charge in [0, 0.05) is 12.1 Å². The zero-order valence-electron chi connectivity index (χ0n) is 21.8. The molecule has 0 saturated heterocycles. The maximum atomic E-state index is 12.8. The van der Waals surface area contributed by atoms with Crippen LogP contribution >= 0.6 is 0 Å². The van der Waals surface area contributed by atoms with Crippen LogP contribution in [0.25, 0.3) is 0 Å². The molecule has 4 rings (SSSR count). The van der Waals surface area contributed by atoms with Crippen LogP contribution in [0.1, 0.15) is 95.0 Å². The molecule has 1 N–H and O–H groups in total. The monoisotopic (exact) mass is 473 g/mol. The number of nitrogens with one attached hydrogen (secondary N) is 1. The summed E-state index contributed by atoms with van der Waals surface area (Å²) in [5.41, 5.74) is 7.49. The minimum atomic E-state index is -0.411. The highest BCUT2D eigenvalue weighted by Crippen LogP contribution is 2.46. The van der Waals surface area contributed by atoms with Crippen LogP contribution in [0.5, 0.6) is 0 Å². The van der Waals surface area contributed by atoms with E-state index < -0.39 is 5.97 Å². The Morgan fingerprint density at radius 2 is 1.57 bits per heavy atom. The van der Waals surface area contributed by atoms with Crippen molar-refractivity contribution in [2.45, 2.75) is 71.6 Å². The lowest BCUT2D eigenvalue weighted by molar-refractivity contribution is 0.0600. The average Bonchev–Trinajstić information content (AvgIpc) is 3.27. The molecule has 0 spiro atoms. The summed E-state index contributed by atoms with van der Waals surface area (Å²) in [7, 11) is 1.34. The number of esters is 1. The smallest absolute Gasteiger partial charge is 0.337 e. The first-order valence-corrected chi connectivity index (χ1v) is 12.1. The lowest BCUT2D eigenvalue weighted by Crippen LogP contribution is -2.34. The minimum absolute atomic E-state index is 0.142. The van der Waals surface area contributed by atoms with Crippen LogP contribution in [-0.4, -0.2) is 19.0 Å². The van der Waals surface area contributed by atoms with Gasteiger partial charge < -0.3 is 14.5 Å². The first-order chi connectivity index (χ1) is 16.4. The molecule has 5 nitrogen and oxygen atoms in total. The highest BCUT2D eigenvalue weighted by molar-refractivity contribution is 6.03. The molecule has 184 valence electrons. The van der Waals surface area contributed by atoms with Crippen LogP contribution in [-0.2, 0) is 22.0 Å². The highest BCUT2D eigenvalue weighted by Gasteiger charge is 2.37. The molecule has 1 aliphatic carbocycles. The number of methoxy groups -OCH3 is 1. The van der Waals surface area contributed by atoms with Crippen LogP contribution in [0, 0.1) is 13.8 Å². The zero-order chi connectivity index (χ0) is 25.5. The topological polar surface area (TPSA) is 68.5 Å². The number of anilines is 1. The second kappa shape index (κ2) is 9.03. The molecule has 0 unspecified atom stereocenters. The van der Waals surface area contributed by atoms with E-state index in [4.69, 9.17) is 9.15 Å². The van der Waals surface area contributed by atoms with Crippen molar-refractivity contribution in [1.82, 2.24) is 0 Å². The number of hydrogen-bond acceptors (Lipinski definition) is 4. The average molecular weight is 474 g/mol. The molecule has 0 fully saturated rings. The molecule has 1 heterocycles. The first-order valence-electron chi connectivity index (χ1n) is 12.1. The van der Waals surface area contributed by atoms with E-state index >= 15 is 0 Å². The summed E-state index contributed by atoms with van der Waals surface area (Å²) in [5, 5.41) is 2.88. The number of hydrogen-bond donors (Lipinski definition) is 1. The molecule has 3 aromatic rings. The van der Waals surface area contributed by atoms with E-state index in [1.165, 1.54) is 42.2 Å². The van der Waals surface area contributed by atoms with Crippen molar-refractivity contribution in [3.05, 3.63) is 87.4 Å². The fourth-order valence-electron chi connectivity index (χ4n) is 4.97. The predicted octanol–water partition coefficient (Wildman–Crippen LogP) is 6.88. The summed E-state index contributed by atoms with van der Waals surface area (Å²) < 4.78 is 10.7. The molecule has 2 aromatic carbocycles. The van der Waals surface area contributed by atoms with Gasteiger partial charge in [-0.1, -0.05) is 39.8 Å². The van der Waals surface area contributed by atoms with E-state index in [9.17, 15) is 9.59 Å². The summed E-state index contributed by atoms with van der Waals surface area (Å²) in [5.74, 6) is 0.277. The molecule has 1 aliphatic rings. The van der Waals surface area contributed by atoms with E-state index in [1.807, 2.05) is 13.0 Å². The third kappa shape index (κ3) is 4.90. The van der Waals surface area contributed by atoms with Gasteiger partial charge in [0.25, 0.3) is 5.91 Å². The molecular formula is C30H35NO4. The Labute approximate surface area is 207 Å². The van der Waals surface area contributed by atoms with Gasteiger partial charge in [-0.05, 0) is 95.7 Å². The summed E-state index contributed by atoms with van der Waals surface area (Å²) >= 11 is 0. The molecule has 1 amide bonds. The van der Waals surface area contributed by atoms with Crippen LogP contribution in [0.15, 0.2) is 46.9 Å².